The molecule has 0 spiro atoms. The Morgan fingerprint density at radius 3 is 3.05 bits per heavy atom. The Kier molecular flexibility index (Phi) is 4.86. The van der Waals surface area contributed by atoms with Crippen LogP contribution in [-0.4, -0.2) is 44.7 Å². The number of carbonyl (C=O) groups is 1. The van der Waals surface area contributed by atoms with Crippen LogP contribution < -0.4 is 11.1 Å². The number of nitrogens with two attached hydrogens (primary N) is 1. The van der Waals surface area contributed by atoms with Crippen LogP contribution in [0.25, 0.3) is 0 Å². The summed E-state index contributed by atoms with van der Waals surface area (Å²) in [6, 6.07) is -0.186. The van der Waals surface area contributed by atoms with Crippen molar-refractivity contribution < 1.29 is 9.90 Å². The van der Waals surface area contributed by atoms with Gasteiger partial charge in [0.2, 0.25) is 0 Å². The molecule has 1 heterocycles. The van der Waals surface area contributed by atoms with Crippen molar-refractivity contribution in [2.45, 2.75) is 50.8 Å². The number of nitrogens with one attached hydrogen (secondary N) is 1. The Balaban J connectivity index is 1.94. The largest absolute Gasteiger partial charge is 0.391 e. The van der Waals surface area contributed by atoms with Crippen molar-refractivity contribution in [1.82, 2.24) is 20.3 Å². The molecule has 1 aromatic rings. The highest BCUT2D eigenvalue weighted by molar-refractivity contribution is 5.92. The molecular weight excluding hydrogens is 246 g/mol. The highest BCUT2D eigenvalue weighted by Crippen LogP contribution is 2.18. The fourth-order valence-electron chi connectivity index (χ4n) is 2.34. The van der Waals surface area contributed by atoms with Crippen LogP contribution in [0.5, 0.6) is 0 Å². The summed E-state index contributed by atoms with van der Waals surface area (Å²) in [5, 5.41) is 20.4. The van der Waals surface area contributed by atoms with Crippen LogP contribution in [0.3, 0.4) is 0 Å². The van der Waals surface area contributed by atoms with Crippen molar-refractivity contribution in [3.8, 4) is 0 Å². The summed E-state index contributed by atoms with van der Waals surface area (Å²) in [7, 11) is 0. The first-order valence-corrected chi connectivity index (χ1v) is 6.80. The molecule has 19 heavy (non-hydrogen) atoms. The molecule has 0 aliphatic heterocycles. The van der Waals surface area contributed by atoms with E-state index in [4.69, 9.17) is 5.73 Å². The van der Waals surface area contributed by atoms with Crippen molar-refractivity contribution in [2.24, 2.45) is 5.73 Å². The summed E-state index contributed by atoms with van der Waals surface area (Å²) in [5.41, 5.74) is 5.68. The monoisotopic (exact) mass is 267 g/mol. The number of amides is 1. The van der Waals surface area contributed by atoms with Gasteiger partial charge in [0.05, 0.1) is 24.9 Å². The zero-order chi connectivity index (χ0) is 13.7. The predicted molar refractivity (Wildman–Crippen MR) is 69.4 cm³/mol. The van der Waals surface area contributed by atoms with Gasteiger partial charge in [-0.3, -0.25) is 9.48 Å². The maximum atomic E-state index is 12.0. The van der Waals surface area contributed by atoms with Crippen molar-refractivity contribution in [2.75, 3.05) is 6.54 Å². The van der Waals surface area contributed by atoms with Gasteiger partial charge in [0.15, 0.2) is 5.69 Å². The van der Waals surface area contributed by atoms with Gasteiger partial charge >= 0.3 is 0 Å². The average Bonchev–Trinajstić information content (AvgIpc) is 2.77. The maximum absolute atomic E-state index is 12.0. The Morgan fingerprint density at radius 2 is 2.26 bits per heavy atom. The van der Waals surface area contributed by atoms with Gasteiger partial charge in [-0.25, -0.2) is 0 Å². The maximum Gasteiger partial charge on any atom is 0.273 e. The molecule has 7 heteroatoms. The van der Waals surface area contributed by atoms with E-state index in [9.17, 15) is 9.90 Å². The SMILES string of the molecule is NCCn1cc(C(=O)NC2CCCCCC2O)nn1. The molecule has 106 valence electrons. The molecular formula is C12H21N5O2. The molecule has 0 bridgehead atoms. The summed E-state index contributed by atoms with van der Waals surface area (Å²) < 4.78 is 1.54. The highest BCUT2D eigenvalue weighted by atomic mass is 16.3. The number of hydrogen-bond donors (Lipinski definition) is 3. The summed E-state index contributed by atoms with van der Waals surface area (Å²) >= 11 is 0. The zero-order valence-electron chi connectivity index (χ0n) is 11.0. The van der Waals surface area contributed by atoms with Crippen molar-refractivity contribution in [3.05, 3.63) is 11.9 Å². The van der Waals surface area contributed by atoms with E-state index in [1.54, 1.807) is 10.9 Å². The molecule has 1 aromatic heterocycles. The standard InChI is InChI=1S/C12H21N5O2/c13-6-7-17-8-10(15-16-17)12(19)14-9-4-2-1-3-5-11(9)18/h8-9,11,18H,1-7,13H2,(H,14,19). The third kappa shape index (κ3) is 3.74. The summed E-state index contributed by atoms with van der Waals surface area (Å²) in [6.07, 6.45) is 5.81. The van der Waals surface area contributed by atoms with Gasteiger partial charge in [-0.2, -0.15) is 0 Å². The Bertz CT molecular complexity index is 420. The van der Waals surface area contributed by atoms with Crippen LogP contribution in [0.2, 0.25) is 0 Å². The molecule has 2 atom stereocenters. The molecule has 2 unspecified atom stereocenters. The van der Waals surface area contributed by atoms with Gasteiger partial charge in [-0.15, -0.1) is 5.10 Å². The lowest BCUT2D eigenvalue weighted by Gasteiger charge is -2.20. The van der Waals surface area contributed by atoms with Crippen LogP contribution in [0.15, 0.2) is 6.20 Å². The van der Waals surface area contributed by atoms with Crippen molar-refractivity contribution in [3.63, 3.8) is 0 Å². The Labute approximate surface area is 112 Å². The number of aromatic nitrogens is 3. The average molecular weight is 267 g/mol. The number of nitrogens with zero attached hydrogens (tertiary/aromatic N) is 3. The fraction of sp³-hybridized carbons (Fsp3) is 0.750. The van der Waals surface area contributed by atoms with Crippen LogP contribution >= 0.6 is 0 Å². The number of rotatable bonds is 4. The quantitative estimate of drug-likeness (QED) is 0.647. The summed E-state index contributed by atoms with van der Waals surface area (Å²) in [5.74, 6) is -0.283. The van der Waals surface area contributed by atoms with Crippen LogP contribution in [0, 0.1) is 0 Å². The minimum atomic E-state index is -0.467. The van der Waals surface area contributed by atoms with Crippen LogP contribution in [0.4, 0.5) is 0 Å². The topological polar surface area (TPSA) is 106 Å². The number of aliphatic hydroxyl groups excluding tert-OH is 1. The van der Waals surface area contributed by atoms with Gasteiger partial charge in [0.1, 0.15) is 0 Å². The Hall–Kier alpha value is -1.47. The van der Waals surface area contributed by atoms with Gasteiger partial charge in [0, 0.05) is 6.54 Å². The molecule has 0 aromatic carbocycles. The summed E-state index contributed by atoms with van der Waals surface area (Å²) in [4.78, 5) is 12.0. The molecule has 1 aliphatic carbocycles. The van der Waals surface area contributed by atoms with E-state index in [2.05, 4.69) is 15.6 Å². The smallest absolute Gasteiger partial charge is 0.273 e. The van der Waals surface area contributed by atoms with E-state index < -0.39 is 6.10 Å². The third-order valence-corrected chi connectivity index (χ3v) is 3.43. The van der Waals surface area contributed by atoms with Gasteiger partial charge < -0.3 is 16.2 Å². The van der Waals surface area contributed by atoms with Crippen molar-refractivity contribution in [1.29, 1.82) is 0 Å². The molecule has 1 amide bonds. The Morgan fingerprint density at radius 1 is 1.47 bits per heavy atom. The van der Waals surface area contributed by atoms with E-state index in [1.807, 2.05) is 0 Å². The predicted octanol–water partition coefficient (Wildman–Crippen LogP) is -0.340. The number of carbonyl (C=O) groups excluding carboxylic acids is 1. The molecule has 1 aliphatic rings. The van der Waals surface area contributed by atoms with Crippen LogP contribution in [-0.2, 0) is 6.54 Å². The first-order valence-electron chi connectivity index (χ1n) is 6.80. The second-order valence-electron chi connectivity index (χ2n) is 4.94. The lowest BCUT2D eigenvalue weighted by atomic mass is 10.1. The van der Waals surface area contributed by atoms with E-state index in [1.165, 1.54) is 0 Å². The van der Waals surface area contributed by atoms with E-state index in [0.717, 1.165) is 32.1 Å². The zero-order valence-corrected chi connectivity index (χ0v) is 11.0. The lowest BCUT2D eigenvalue weighted by molar-refractivity contribution is 0.0814. The second kappa shape index (κ2) is 6.63. The van der Waals surface area contributed by atoms with Crippen molar-refractivity contribution >= 4 is 5.91 Å². The molecule has 0 saturated heterocycles. The van der Waals surface area contributed by atoms with E-state index in [0.29, 0.717) is 13.1 Å². The fourth-order valence-corrected chi connectivity index (χ4v) is 2.34. The minimum Gasteiger partial charge on any atom is -0.391 e. The third-order valence-electron chi connectivity index (χ3n) is 3.43. The molecule has 4 N–H and O–H groups in total. The molecule has 0 radical (unpaired) electrons. The highest BCUT2D eigenvalue weighted by Gasteiger charge is 2.24. The minimum absolute atomic E-state index is 0.186. The number of hydrogen-bond acceptors (Lipinski definition) is 5. The normalized spacial score (nSPS) is 23.9. The van der Waals surface area contributed by atoms with Gasteiger partial charge in [0.25, 0.3) is 5.91 Å². The first kappa shape index (κ1) is 14.0. The summed E-state index contributed by atoms with van der Waals surface area (Å²) in [6.45, 7) is 0.984. The van der Waals surface area contributed by atoms with Gasteiger partial charge in [-0.05, 0) is 12.8 Å². The van der Waals surface area contributed by atoms with E-state index >= 15 is 0 Å². The van der Waals surface area contributed by atoms with Crippen LogP contribution in [0.1, 0.15) is 42.6 Å². The molecule has 1 saturated carbocycles. The van der Waals surface area contributed by atoms with Gasteiger partial charge in [-0.1, -0.05) is 24.5 Å². The number of aliphatic hydroxyl groups is 1. The lowest BCUT2D eigenvalue weighted by Crippen LogP contribution is -2.42. The molecule has 2 rings (SSSR count). The molecule has 1 fully saturated rings. The molecule has 7 nitrogen and oxygen atoms in total. The van der Waals surface area contributed by atoms with E-state index in [-0.39, 0.29) is 17.6 Å². The second-order valence-corrected chi connectivity index (χ2v) is 4.94. The first-order chi connectivity index (χ1) is 9.20.